The largest absolute Gasteiger partial charge is 0.357 e. The normalized spacial score (nSPS) is 11.6. The number of anilines is 3. The van der Waals surface area contributed by atoms with Gasteiger partial charge in [0.05, 0.1) is 25.0 Å². The summed E-state index contributed by atoms with van der Waals surface area (Å²) in [5, 5.41) is 6.62. The molecule has 2 aromatic carbocycles. The highest BCUT2D eigenvalue weighted by Gasteiger charge is 2.26. The lowest BCUT2D eigenvalue weighted by molar-refractivity contribution is -0.133. The van der Waals surface area contributed by atoms with E-state index in [9.17, 15) is 9.59 Å². The van der Waals surface area contributed by atoms with Gasteiger partial charge in [-0.3, -0.25) is 14.4 Å². The van der Waals surface area contributed by atoms with E-state index in [1.807, 2.05) is 65.6 Å². The molecule has 3 heterocycles. The Bertz CT molecular complexity index is 1570. The summed E-state index contributed by atoms with van der Waals surface area (Å²) in [7, 11) is 3.10. The smallest absolute Gasteiger partial charge is 0.267 e. The van der Waals surface area contributed by atoms with Gasteiger partial charge >= 0.3 is 0 Å². The van der Waals surface area contributed by atoms with E-state index < -0.39 is 17.9 Å². The quantitative estimate of drug-likeness (QED) is 0.199. The highest BCUT2D eigenvalue weighted by Crippen LogP contribution is 2.25. The van der Waals surface area contributed by atoms with Crippen molar-refractivity contribution in [3.8, 4) is 11.4 Å². The first-order chi connectivity index (χ1) is 19.6. The van der Waals surface area contributed by atoms with Crippen LogP contribution in [0.2, 0.25) is 0 Å². The average molecular weight is 537 g/mol. The molecule has 0 aliphatic heterocycles. The number of hydrogen-bond acceptors (Lipinski definition) is 8. The molecule has 0 spiro atoms. The van der Waals surface area contributed by atoms with Crippen molar-refractivity contribution in [2.75, 3.05) is 30.9 Å². The van der Waals surface area contributed by atoms with Crippen LogP contribution in [0.3, 0.4) is 0 Å². The molecule has 3 aromatic heterocycles. The van der Waals surface area contributed by atoms with E-state index in [1.165, 1.54) is 7.11 Å². The van der Waals surface area contributed by atoms with Gasteiger partial charge < -0.3 is 20.5 Å². The van der Waals surface area contributed by atoms with Gasteiger partial charge in [-0.25, -0.2) is 20.4 Å². The Morgan fingerprint density at radius 2 is 1.80 bits per heavy atom. The third kappa shape index (κ3) is 5.89. The number of aromatic amines is 1. The number of carbonyl (C=O) groups excluding carboxylic acids is 2. The third-order valence-corrected chi connectivity index (χ3v) is 6.22. The van der Waals surface area contributed by atoms with E-state index in [4.69, 9.17) is 4.84 Å². The Kier molecular flexibility index (Phi) is 7.93. The van der Waals surface area contributed by atoms with Gasteiger partial charge in [0.1, 0.15) is 11.9 Å². The van der Waals surface area contributed by atoms with Gasteiger partial charge in [0.25, 0.3) is 11.8 Å². The summed E-state index contributed by atoms with van der Waals surface area (Å²) >= 11 is 0. The molecule has 0 saturated carbocycles. The highest BCUT2D eigenvalue weighted by molar-refractivity contribution is 6.01. The minimum Gasteiger partial charge on any atom is -0.357 e. The third-order valence-electron chi connectivity index (χ3n) is 6.22. The zero-order valence-electron chi connectivity index (χ0n) is 22.0. The number of hydroxylamine groups is 1. The van der Waals surface area contributed by atoms with Gasteiger partial charge in [-0.2, -0.15) is 0 Å². The standard InChI is InChI=1S/C29H28N8O3/c1-30-29-32-15-13-23(35-29)24-17-20-16-19(11-12-22(20)33-24)27(38)34-25(28(39)36-40-2)18-37(21-8-4-3-5-9-21)26-10-6-7-14-31-26/h3-17,25,33H,18H2,1-2H3,(H,34,38)(H,36,39)(H,30,32,35). The fourth-order valence-electron chi connectivity index (χ4n) is 4.28. The van der Waals surface area contributed by atoms with Crippen molar-refractivity contribution in [1.29, 1.82) is 0 Å². The summed E-state index contributed by atoms with van der Waals surface area (Å²) in [6.07, 6.45) is 3.35. The van der Waals surface area contributed by atoms with Gasteiger partial charge in [0.2, 0.25) is 5.95 Å². The lowest BCUT2D eigenvalue weighted by Gasteiger charge is -2.28. The molecule has 1 atom stereocenters. The summed E-state index contributed by atoms with van der Waals surface area (Å²) in [5.74, 6) is 0.230. The van der Waals surface area contributed by atoms with Crippen LogP contribution in [0.1, 0.15) is 10.4 Å². The van der Waals surface area contributed by atoms with E-state index in [2.05, 4.69) is 36.0 Å². The second kappa shape index (κ2) is 12.0. The summed E-state index contributed by atoms with van der Waals surface area (Å²) < 4.78 is 0. The Balaban J connectivity index is 1.41. The Labute approximate surface area is 230 Å². The Morgan fingerprint density at radius 1 is 0.975 bits per heavy atom. The molecule has 4 N–H and O–H groups in total. The lowest BCUT2D eigenvalue weighted by Crippen LogP contribution is -2.52. The number of para-hydroxylation sites is 1. The molecule has 0 bridgehead atoms. The maximum Gasteiger partial charge on any atom is 0.267 e. The lowest BCUT2D eigenvalue weighted by atomic mass is 10.1. The molecule has 1 unspecified atom stereocenters. The molecule has 11 heteroatoms. The average Bonchev–Trinajstić information content (AvgIpc) is 3.44. The number of H-pyrrole nitrogens is 1. The minimum absolute atomic E-state index is 0.111. The van der Waals surface area contributed by atoms with E-state index in [-0.39, 0.29) is 6.54 Å². The monoisotopic (exact) mass is 536 g/mol. The predicted octanol–water partition coefficient (Wildman–Crippen LogP) is 3.68. The molecular formula is C29H28N8O3. The van der Waals surface area contributed by atoms with E-state index >= 15 is 0 Å². The number of aromatic nitrogens is 4. The molecule has 5 rings (SSSR count). The maximum atomic E-state index is 13.4. The summed E-state index contributed by atoms with van der Waals surface area (Å²) in [6.45, 7) is 0.111. The second-order valence-electron chi connectivity index (χ2n) is 8.83. The summed E-state index contributed by atoms with van der Waals surface area (Å²) in [6, 6.07) is 23.1. The van der Waals surface area contributed by atoms with Gasteiger partial charge in [0, 0.05) is 41.6 Å². The second-order valence-corrected chi connectivity index (χ2v) is 8.83. The number of hydrogen-bond donors (Lipinski definition) is 4. The van der Waals surface area contributed by atoms with Crippen LogP contribution < -0.4 is 21.0 Å². The predicted molar refractivity (Wildman–Crippen MR) is 153 cm³/mol. The number of pyridine rings is 1. The van der Waals surface area contributed by atoms with Crippen molar-refractivity contribution in [3.63, 3.8) is 0 Å². The van der Waals surface area contributed by atoms with Crippen LogP contribution >= 0.6 is 0 Å². The van der Waals surface area contributed by atoms with Gasteiger partial charge in [-0.05, 0) is 54.6 Å². The number of fused-ring (bicyclic) bond motifs is 1. The molecule has 2 amide bonds. The molecule has 0 saturated heterocycles. The number of amides is 2. The molecule has 5 aromatic rings. The van der Waals surface area contributed by atoms with Crippen molar-refractivity contribution >= 4 is 40.2 Å². The number of rotatable bonds is 10. The molecule has 0 radical (unpaired) electrons. The number of nitrogens with zero attached hydrogens (tertiary/aromatic N) is 4. The topological polar surface area (TPSA) is 137 Å². The van der Waals surface area contributed by atoms with Crippen LogP contribution in [0, 0.1) is 0 Å². The Morgan fingerprint density at radius 3 is 2.55 bits per heavy atom. The SMILES string of the molecule is CNc1nccc(-c2cc3cc(C(=O)NC(CN(c4ccccc4)c4ccccn4)C(=O)NOC)ccc3[nH]2)n1. The van der Waals surface area contributed by atoms with Crippen molar-refractivity contribution in [2.45, 2.75) is 6.04 Å². The minimum atomic E-state index is -0.965. The fourth-order valence-corrected chi connectivity index (χ4v) is 4.28. The molecule has 11 nitrogen and oxygen atoms in total. The zero-order chi connectivity index (χ0) is 27.9. The van der Waals surface area contributed by atoms with Gasteiger partial charge in [-0.15, -0.1) is 0 Å². The van der Waals surface area contributed by atoms with Crippen molar-refractivity contribution in [1.82, 2.24) is 30.7 Å². The van der Waals surface area contributed by atoms with Crippen LogP contribution in [0.4, 0.5) is 17.5 Å². The molecule has 0 aliphatic rings. The van der Waals surface area contributed by atoms with Gasteiger partial charge in [0.15, 0.2) is 0 Å². The van der Waals surface area contributed by atoms with Crippen LogP contribution in [0.5, 0.6) is 0 Å². The van der Waals surface area contributed by atoms with E-state index in [0.717, 1.165) is 22.3 Å². The summed E-state index contributed by atoms with van der Waals surface area (Å²) in [5.41, 5.74) is 5.91. The van der Waals surface area contributed by atoms with E-state index in [0.29, 0.717) is 23.0 Å². The molecule has 0 fully saturated rings. The van der Waals surface area contributed by atoms with Crippen molar-refractivity contribution in [3.05, 3.63) is 96.8 Å². The first-order valence-corrected chi connectivity index (χ1v) is 12.6. The van der Waals surface area contributed by atoms with Crippen LogP contribution in [0.25, 0.3) is 22.3 Å². The number of benzene rings is 2. The van der Waals surface area contributed by atoms with Crippen LogP contribution in [-0.4, -0.2) is 58.5 Å². The van der Waals surface area contributed by atoms with Crippen LogP contribution in [-0.2, 0) is 9.63 Å². The summed E-state index contributed by atoms with van der Waals surface area (Å²) in [4.78, 5) is 49.6. The number of carbonyl (C=O) groups is 2. The van der Waals surface area contributed by atoms with E-state index in [1.54, 1.807) is 37.6 Å². The highest BCUT2D eigenvalue weighted by atomic mass is 16.6. The zero-order valence-corrected chi connectivity index (χ0v) is 22.0. The first kappa shape index (κ1) is 26.3. The Hall–Kier alpha value is -5.29. The molecule has 202 valence electrons. The molecule has 0 aliphatic carbocycles. The molecule has 40 heavy (non-hydrogen) atoms. The van der Waals surface area contributed by atoms with Crippen molar-refractivity contribution in [2.24, 2.45) is 0 Å². The fraction of sp³-hybridized carbons (Fsp3) is 0.138. The number of nitrogens with one attached hydrogen (secondary N) is 4. The molecular weight excluding hydrogens is 508 g/mol. The van der Waals surface area contributed by atoms with Crippen LogP contribution in [0.15, 0.2) is 91.3 Å². The maximum absolute atomic E-state index is 13.4. The first-order valence-electron chi connectivity index (χ1n) is 12.6. The van der Waals surface area contributed by atoms with Gasteiger partial charge in [-0.1, -0.05) is 24.3 Å². The van der Waals surface area contributed by atoms with Crippen molar-refractivity contribution < 1.29 is 14.4 Å².